The summed E-state index contributed by atoms with van der Waals surface area (Å²) in [7, 11) is 1.33. The maximum absolute atomic E-state index is 11.4. The molecule has 1 fully saturated rings. The summed E-state index contributed by atoms with van der Waals surface area (Å²) in [6.45, 7) is 0. The van der Waals surface area contributed by atoms with Gasteiger partial charge in [0.25, 0.3) is 0 Å². The first-order chi connectivity index (χ1) is 5.67. The molecule has 1 atom stereocenters. The van der Waals surface area contributed by atoms with E-state index in [0.717, 1.165) is 6.42 Å². The Hall–Kier alpha value is -0.510. The fourth-order valence-corrected chi connectivity index (χ4v) is 2.45. The number of hydrogen-bond donors (Lipinski definition) is 0. The molecule has 1 saturated carbocycles. The average Bonchev–Trinajstić information content (AvgIpc) is 2.46. The summed E-state index contributed by atoms with van der Waals surface area (Å²) < 4.78 is 3.74. The van der Waals surface area contributed by atoms with Gasteiger partial charge in [-0.3, -0.25) is 9.59 Å². The van der Waals surface area contributed by atoms with Crippen LogP contribution in [0, 0.1) is 0 Å². The minimum absolute atomic E-state index is 0.0156. The standard InChI is InChI=1S/C8H12O3S/c1-11-7(10)8(12-2)5-3-4-6(8)9/h3-5H2,1-2H3. The highest BCUT2D eigenvalue weighted by atomic mass is 32.2. The Bertz CT molecular complexity index is 214. The molecule has 0 heterocycles. The second-order valence-electron chi connectivity index (χ2n) is 2.80. The van der Waals surface area contributed by atoms with Crippen LogP contribution in [0.3, 0.4) is 0 Å². The van der Waals surface area contributed by atoms with Crippen LogP contribution in [0.2, 0.25) is 0 Å². The molecule has 0 aromatic heterocycles. The molecule has 4 heteroatoms. The summed E-state index contributed by atoms with van der Waals surface area (Å²) in [6.07, 6.45) is 3.71. The predicted molar refractivity (Wildman–Crippen MR) is 47.1 cm³/mol. The van der Waals surface area contributed by atoms with Crippen LogP contribution in [0.5, 0.6) is 0 Å². The number of thioether (sulfide) groups is 1. The number of ether oxygens (including phenoxy) is 1. The summed E-state index contributed by atoms with van der Waals surface area (Å²) in [6, 6.07) is 0. The van der Waals surface area contributed by atoms with Gasteiger partial charge in [-0.25, -0.2) is 0 Å². The van der Waals surface area contributed by atoms with E-state index in [4.69, 9.17) is 0 Å². The molecular formula is C8H12O3S. The minimum Gasteiger partial charge on any atom is -0.468 e. The fraction of sp³-hybridized carbons (Fsp3) is 0.750. The summed E-state index contributed by atoms with van der Waals surface area (Å²) in [5.74, 6) is -0.376. The third-order valence-electron chi connectivity index (χ3n) is 2.25. The number of Topliss-reactive ketones (excluding diaryl/α,β-unsaturated/α-hetero) is 1. The van der Waals surface area contributed by atoms with Crippen molar-refractivity contribution >= 4 is 23.5 Å². The van der Waals surface area contributed by atoms with E-state index in [2.05, 4.69) is 4.74 Å². The zero-order valence-corrected chi connectivity index (χ0v) is 8.07. The fourth-order valence-electron chi connectivity index (χ4n) is 1.52. The van der Waals surface area contributed by atoms with Crippen molar-refractivity contribution in [3.8, 4) is 0 Å². The molecule has 1 unspecified atom stereocenters. The number of carbonyl (C=O) groups excluding carboxylic acids is 2. The molecule has 1 rings (SSSR count). The molecular weight excluding hydrogens is 176 g/mol. The lowest BCUT2D eigenvalue weighted by Gasteiger charge is -2.20. The van der Waals surface area contributed by atoms with Gasteiger partial charge in [-0.1, -0.05) is 0 Å². The van der Waals surface area contributed by atoms with Gasteiger partial charge in [0.15, 0.2) is 10.5 Å². The molecule has 1 aliphatic carbocycles. The maximum atomic E-state index is 11.4. The lowest BCUT2D eigenvalue weighted by molar-refractivity contribution is -0.146. The third kappa shape index (κ3) is 1.24. The van der Waals surface area contributed by atoms with E-state index >= 15 is 0 Å². The Labute approximate surface area is 75.8 Å². The highest BCUT2D eigenvalue weighted by molar-refractivity contribution is 8.01. The second kappa shape index (κ2) is 3.47. The summed E-state index contributed by atoms with van der Waals surface area (Å²) in [5.41, 5.74) is 0. The van der Waals surface area contributed by atoms with Crippen LogP contribution in [0.1, 0.15) is 19.3 Å². The molecule has 1 aliphatic rings. The van der Waals surface area contributed by atoms with E-state index in [-0.39, 0.29) is 5.78 Å². The van der Waals surface area contributed by atoms with Gasteiger partial charge in [-0.15, -0.1) is 11.8 Å². The molecule has 68 valence electrons. The van der Waals surface area contributed by atoms with Crippen molar-refractivity contribution in [3.05, 3.63) is 0 Å². The average molecular weight is 188 g/mol. The van der Waals surface area contributed by atoms with Gasteiger partial charge >= 0.3 is 5.97 Å². The number of rotatable bonds is 2. The molecule has 0 aromatic rings. The summed E-state index contributed by atoms with van der Waals surface area (Å²) >= 11 is 1.30. The molecule has 12 heavy (non-hydrogen) atoms. The van der Waals surface area contributed by atoms with Crippen LogP contribution < -0.4 is 0 Å². The molecule has 0 aliphatic heterocycles. The molecule has 3 nitrogen and oxygen atoms in total. The van der Waals surface area contributed by atoms with E-state index in [9.17, 15) is 9.59 Å². The summed E-state index contributed by atoms with van der Waals surface area (Å²) in [5, 5.41) is 0. The number of hydrogen-bond acceptors (Lipinski definition) is 4. The van der Waals surface area contributed by atoms with Gasteiger partial charge in [-0.2, -0.15) is 0 Å². The Morgan fingerprint density at radius 3 is 2.67 bits per heavy atom. The third-order valence-corrected chi connectivity index (χ3v) is 3.54. The van der Waals surface area contributed by atoms with Crippen molar-refractivity contribution in [2.24, 2.45) is 0 Å². The molecule has 0 N–H and O–H groups in total. The minimum atomic E-state index is -0.880. The van der Waals surface area contributed by atoms with E-state index in [0.29, 0.717) is 12.8 Å². The van der Waals surface area contributed by atoms with E-state index in [1.807, 2.05) is 0 Å². The van der Waals surface area contributed by atoms with Crippen molar-refractivity contribution in [1.82, 2.24) is 0 Å². The normalized spacial score (nSPS) is 29.0. The van der Waals surface area contributed by atoms with Crippen molar-refractivity contribution in [1.29, 1.82) is 0 Å². The first-order valence-electron chi connectivity index (χ1n) is 3.84. The van der Waals surface area contributed by atoms with Gasteiger partial charge in [0, 0.05) is 6.42 Å². The van der Waals surface area contributed by atoms with Crippen LogP contribution in [0.15, 0.2) is 0 Å². The second-order valence-corrected chi connectivity index (χ2v) is 3.90. The SMILES string of the molecule is COC(=O)C1(SC)CCCC1=O. The topological polar surface area (TPSA) is 43.4 Å². The van der Waals surface area contributed by atoms with Crippen molar-refractivity contribution in [2.45, 2.75) is 24.0 Å². The van der Waals surface area contributed by atoms with Crippen molar-refractivity contribution < 1.29 is 14.3 Å². The van der Waals surface area contributed by atoms with Crippen LogP contribution in [0.25, 0.3) is 0 Å². The van der Waals surface area contributed by atoms with Crippen molar-refractivity contribution in [3.63, 3.8) is 0 Å². The predicted octanol–water partition coefficient (Wildman–Crippen LogP) is 1.01. The van der Waals surface area contributed by atoms with Crippen molar-refractivity contribution in [2.75, 3.05) is 13.4 Å². The zero-order chi connectivity index (χ0) is 9.19. The quantitative estimate of drug-likeness (QED) is 0.479. The van der Waals surface area contributed by atoms with Crippen LogP contribution in [-0.2, 0) is 14.3 Å². The number of carbonyl (C=O) groups is 2. The summed E-state index contributed by atoms with van der Waals surface area (Å²) in [4.78, 5) is 22.7. The number of ketones is 1. The van der Waals surface area contributed by atoms with E-state index < -0.39 is 10.7 Å². The van der Waals surface area contributed by atoms with E-state index in [1.54, 1.807) is 6.26 Å². The maximum Gasteiger partial charge on any atom is 0.329 e. The zero-order valence-electron chi connectivity index (χ0n) is 7.25. The number of methoxy groups -OCH3 is 1. The van der Waals surface area contributed by atoms with Crippen LogP contribution in [-0.4, -0.2) is 29.9 Å². The van der Waals surface area contributed by atoms with Gasteiger partial charge in [0.2, 0.25) is 0 Å². The van der Waals surface area contributed by atoms with Crippen LogP contribution >= 0.6 is 11.8 Å². The number of esters is 1. The highest BCUT2D eigenvalue weighted by Gasteiger charge is 2.49. The smallest absolute Gasteiger partial charge is 0.329 e. The first kappa shape index (κ1) is 9.58. The van der Waals surface area contributed by atoms with Gasteiger partial charge in [0.1, 0.15) is 0 Å². The largest absolute Gasteiger partial charge is 0.468 e. The molecule has 0 spiro atoms. The highest BCUT2D eigenvalue weighted by Crippen LogP contribution is 2.38. The Morgan fingerprint density at radius 1 is 1.67 bits per heavy atom. The van der Waals surface area contributed by atoms with Gasteiger partial charge in [-0.05, 0) is 19.1 Å². The van der Waals surface area contributed by atoms with Gasteiger partial charge in [0.05, 0.1) is 7.11 Å². The van der Waals surface area contributed by atoms with Gasteiger partial charge < -0.3 is 4.74 Å². The molecule has 0 radical (unpaired) electrons. The molecule has 0 amide bonds. The first-order valence-corrected chi connectivity index (χ1v) is 5.06. The van der Waals surface area contributed by atoms with Crippen LogP contribution in [0.4, 0.5) is 0 Å². The molecule has 0 bridgehead atoms. The Kier molecular flexibility index (Phi) is 2.77. The van der Waals surface area contributed by atoms with E-state index in [1.165, 1.54) is 18.9 Å². The lowest BCUT2D eigenvalue weighted by atomic mass is 10.1. The molecule has 0 saturated heterocycles. The molecule has 0 aromatic carbocycles. The lowest BCUT2D eigenvalue weighted by Crippen LogP contribution is -2.39. The Balaban J connectivity index is 2.88. The Morgan fingerprint density at radius 2 is 2.33 bits per heavy atom. The monoisotopic (exact) mass is 188 g/mol.